The molecular formula is C28H38N6O. The Labute approximate surface area is 208 Å². The van der Waals surface area contributed by atoms with Crippen molar-refractivity contribution in [2.45, 2.75) is 65.2 Å². The lowest BCUT2D eigenvalue weighted by atomic mass is 9.90. The number of unbranched alkanes of at least 4 members (excludes halogenated alkanes) is 1. The molecule has 7 nitrogen and oxygen atoms in total. The highest BCUT2D eigenvalue weighted by atomic mass is 16.1. The molecule has 2 fully saturated rings. The van der Waals surface area contributed by atoms with Gasteiger partial charge in [-0.05, 0) is 84.1 Å². The number of anilines is 1. The van der Waals surface area contributed by atoms with Gasteiger partial charge in [0.1, 0.15) is 11.3 Å². The SMILES string of the molecule is Cc1nnc(N2CCC(C(=O)CCCCN3CCCCC3)CC2)c2nn(-c3ccccc3)c(C)c12. The van der Waals surface area contributed by atoms with Crippen LogP contribution in [0.3, 0.4) is 0 Å². The molecule has 0 N–H and O–H groups in total. The number of carbonyl (C=O) groups excluding carboxylic acids is 1. The molecule has 2 aliphatic rings. The van der Waals surface area contributed by atoms with Crippen LogP contribution in [0.1, 0.15) is 62.8 Å². The number of Topliss-reactive ketones (excluding diaryl/α,β-unsaturated/α-hetero) is 1. The number of hydrogen-bond acceptors (Lipinski definition) is 6. The van der Waals surface area contributed by atoms with Crippen molar-refractivity contribution in [1.29, 1.82) is 0 Å². The summed E-state index contributed by atoms with van der Waals surface area (Å²) in [6.07, 6.45) is 8.72. The molecule has 186 valence electrons. The van der Waals surface area contributed by atoms with Crippen LogP contribution in [-0.4, -0.2) is 63.4 Å². The number of para-hydroxylation sites is 1. The monoisotopic (exact) mass is 474 g/mol. The van der Waals surface area contributed by atoms with Crippen molar-refractivity contribution in [2.75, 3.05) is 37.6 Å². The average molecular weight is 475 g/mol. The van der Waals surface area contributed by atoms with Crippen LogP contribution in [-0.2, 0) is 4.79 Å². The molecule has 0 radical (unpaired) electrons. The average Bonchev–Trinajstić information content (AvgIpc) is 3.26. The van der Waals surface area contributed by atoms with Gasteiger partial charge < -0.3 is 9.80 Å². The van der Waals surface area contributed by atoms with E-state index in [2.05, 4.69) is 39.1 Å². The van der Waals surface area contributed by atoms with Crippen molar-refractivity contribution in [3.63, 3.8) is 0 Å². The molecule has 7 heteroatoms. The molecule has 2 saturated heterocycles. The molecule has 2 aliphatic heterocycles. The first-order valence-electron chi connectivity index (χ1n) is 13.4. The van der Waals surface area contributed by atoms with Crippen molar-refractivity contribution in [3.8, 4) is 5.69 Å². The van der Waals surface area contributed by atoms with Gasteiger partial charge in [-0.25, -0.2) is 4.68 Å². The zero-order valence-electron chi connectivity index (χ0n) is 21.2. The second kappa shape index (κ2) is 10.9. The Kier molecular flexibility index (Phi) is 7.42. The van der Waals surface area contributed by atoms with Crippen LogP contribution >= 0.6 is 0 Å². The second-order valence-electron chi connectivity index (χ2n) is 10.3. The van der Waals surface area contributed by atoms with Gasteiger partial charge in [-0.15, -0.1) is 5.10 Å². The molecule has 0 saturated carbocycles. The molecule has 4 heterocycles. The third-order valence-corrected chi connectivity index (χ3v) is 7.83. The molecule has 2 aromatic heterocycles. The Balaban J connectivity index is 1.20. The molecule has 0 aliphatic carbocycles. The molecule has 0 unspecified atom stereocenters. The van der Waals surface area contributed by atoms with E-state index in [9.17, 15) is 4.79 Å². The first kappa shape index (κ1) is 23.9. The van der Waals surface area contributed by atoms with E-state index in [0.717, 1.165) is 85.5 Å². The van der Waals surface area contributed by atoms with Crippen molar-refractivity contribution < 1.29 is 4.79 Å². The quantitative estimate of drug-likeness (QED) is 0.434. The van der Waals surface area contributed by atoms with E-state index >= 15 is 0 Å². The Morgan fingerprint density at radius 3 is 2.43 bits per heavy atom. The zero-order chi connectivity index (χ0) is 24.2. The minimum Gasteiger partial charge on any atom is -0.353 e. The standard InChI is InChI=1S/C28H38N6O/c1-21-26-22(2)34(24-11-5-3-6-12-24)31-27(26)28(30-29-21)33-19-14-23(15-20-33)25(35)13-7-10-18-32-16-8-4-9-17-32/h3,5-6,11-12,23H,4,7-10,13-20H2,1-2H3. The Morgan fingerprint density at radius 1 is 0.943 bits per heavy atom. The third-order valence-electron chi connectivity index (χ3n) is 7.83. The number of nitrogens with zero attached hydrogens (tertiary/aromatic N) is 6. The zero-order valence-corrected chi connectivity index (χ0v) is 21.2. The molecule has 0 bridgehead atoms. The van der Waals surface area contributed by atoms with Crippen molar-refractivity contribution in [2.24, 2.45) is 5.92 Å². The highest BCUT2D eigenvalue weighted by molar-refractivity contribution is 5.92. The van der Waals surface area contributed by atoms with Gasteiger partial charge in [-0.1, -0.05) is 24.6 Å². The minimum atomic E-state index is 0.179. The number of fused-ring (bicyclic) bond motifs is 1. The third kappa shape index (κ3) is 5.25. The number of ketones is 1. The van der Waals surface area contributed by atoms with Crippen LogP contribution in [0.25, 0.3) is 16.6 Å². The fourth-order valence-electron chi connectivity index (χ4n) is 5.78. The fourth-order valence-corrected chi connectivity index (χ4v) is 5.78. The number of aryl methyl sites for hydroxylation is 2. The van der Waals surface area contributed by atoms with E-state index in [1.165, 1.54) is 32.4 Å². The summed E-state index contributed by atoms with van der Waals surface area (Å²) in [5.41, 5.74) is 3.92. The molecule has 0 atom stereocenters. The molecule has 3 aromatic rings. The van der Waals surface area contributed by atoms with Gasteiger partial charge >= 0.3 is 0 Å². The van der Waals surface area contributed by atoms with Crippen LogP contribution in [0, 0.1) is 19.8 Å². The molecular weight excluding hydrogens is 436 g/mol. The van der Waals surface area contributed by atoms with Gasteiger partial charge in [0.2, 0.25) is 0 Å². The van der Waals surface area contributed by atoms with Crippen LogP contribution < -0.4 is 4.90 Å². The second-order valence-corrected chi connectivity index (χ2v) is 10.3. The van der Waals surface area contributed by atoms with E-state index in [1.807, 2.05) is 29.8 Å². The summed E-state index contributed by atoms with van der Waals surface area (Å²) in [4.78, 5) is 17.7. The van der Waals surface area contributed by atoms with Gasteiger partial charge in [0.05, 0.1) is 22.5 Å². The minimum absolute atomic E-state index is 0.179. The maximum absolute atomic E-state index is 12.9. The molecule has 0 amide bonds. The smallest absolute Gasteiger partial charge is 0.179 e. The van der Waals surface area contributed by atoms with E-state index < -0.39 is 0 Å². The summed E-state index contributed by atoms with van der Waals surface area (Å²) < 4.78 is 1.99. The topological polar surface area (TPSA) is 67.2 Å². The van der Waals surface area contributed by atoms with Gasteiger partial charge in [0.25, 0.3) is 0 Å². The van der Waals surface area contributed by atoms with Crippen molar-refractivity contribution in [3.05, 3.63) is 41.7 Å². The number of rotatable bonds is 8. The van der Waals surface area contributed by atoms with E-state index in [1.54, 1.807) is 0 Å². The lowest BCUT2D eigenvalue weighted by Crippen LogP contribution is -2.37. The number of likely N-dealkylation sites (tertiary alicyclic amines) is 1. The predicted octanol–water partition coefficient (Wildman–Crippen LogP) is 4.87. The largest absolute Gasteiger partial charge is 0.353 e. The molecule has 35 heavy (non-hydrogen) atoms. The first-order valence-corrected chi connectivity index (χ1v) is 13.4. The number of piperidine rings is 2. The summed E-state index contributed by atoms with van der Waals surface area (Å²) in [6, 6.07) is 10.2. The Hall–Kier alpha value is -2.80. The molecule has 5 rings (SSSR count). The van der Waals surface area contributed by atoms with E-state index in [0.29, 0.717) is 5.78 Å². The summed E-state index contributed by atoms with van der Waals surface area (Å²) >= 11 is 0. The van der Waals surface area contributed by atoms with Crippen molar-refractivity contribution in [1.82, 2.24) is 24.9 Å². The highest BCUT2D eigenvalue weighted by Crippen LogP contribution is 2.32. The Morgan fingerprint density at radius 2 is 1.69 bits per heavy atom. The van der Waals surface area contributed by atoms with Crippen LogP contribution in [0.2, 0.25) is 0 Å². The number of hydrogen-bond donors (Lipinski definition) is 0. The van der Waals surface area contributed by atoms with Gasteiger partial charge in [-0.2, -0.15) is 10.2 Å². The van der Waals surface area contributed by atoms with Crippen molar-refractivity contribution >= 4 is 22.5 Å². The number of benzene rings is 1. The lowest BCUT2D eigenvalue weighted by Gasteiger charge is -2.32. The number of aromatic nitrogens is 4. The summed E-state index contributed by atoms with van der Waals surface area (Å²) in [5, 5.41) is 15.1. The van der Waals surface area contributed by atoms with Crippen LogP contribution in [0.4, 0.5) is 5.82 Å². The van der Waals surface area contributed by atoms with E-state index in [-0.39, 0.29) is 5.92 Å². The van der Waals surface area contributed by atoms with Crippen LogP contribution in [0.5, 0.6) is 0 Å². The van der Waals surface area contributed by atoms with Gasteiger partial charge in [0.15, 0.2) is 5.82 Å². The highest BCUT2D eigenvalue weighted by Gasteiger charge is 2.28. The predicted molar refractivity (Wildman–Crippen MR) is 140 cm³/mol. The first-order chi connectivity index (χ1) is 17.1. The van der Waals surface area contributed by atoms with Gasteiger partial charge in [-0.3, -0.25) is 4.79 Å². The van der Waals surface area contributed by atoms with E-state index in [4.69, 9.17) is 5.10 Å². The lowest BCUT2D eigenvalue weighted by molar-refractivity contribution is -0.123. The summed E-state index contributed by atoms with van der Waals surface area (Å²) in [5.74, 6) is 1.47. The maximum atomic E-state index is 12.9. The fraction of sp³-hybridized carbons (Fsp3) is 0.571. The maximum Gasteiger partial charge on any atom is 0.179 e. The number of carbonyl (C=O) groups is 1. The Bertz CT molecular complexity index is 1140. The summed E-state index contributed by atoms with van der Waals surface area (Å²) in [7, 11) is 0. The van der Waals surface area contributed by atoms with Crippen LogP contribution in [0.15, 0.2) is 30.3 Å². The normalized spacial score (nSPS) is 17.8. The molecule has 1 aromatic carbocycles. The van der Waals surface area contributed by atoms with Gasteiger partial charge in [0, 0.05) is 25.4 Å². The molecule has 0 spiro atoms. The summed E-state index contributed by atoms with van der Waals surface area (Å²) in [6.45, 7) is 9.39.